The van der Waals surface area contributed by atoms with E-state index in [2.05, 4.69) is 20.6 Å². The maximum absolute atomic E-state index is 11.9. The van der Waals surface area contributed by atoms with Gasteiger partial charge in [-0.05, 0) is 40.8 Å². The third-order valence-electron chi connectivity index (χ3n) is 4.55. The van der Waals surface area contributed by atoms with Gasteiger partial charge in [0.2, 0.25) is 10.0 Å². The molecule has 1 aromatic heterocycles. The normalized spacial score (nSPS) is 16.6. The number of rotatable bonds is 5. The molecule has 1 fully saturated rings. The Balaban J connectivity index is 1.93. The van der Waals surface area contributed by atoms with E-state index in [-0.39, 0.29) is 4.90 Å². The van der Waals surface area contributed by atoms with Gasteiger partial charge in [-0.15, -0.1) is 5.10 Å². The van der Waals surface area contributed by atoms with Crippen molar-refractivity contribution in [1.29, 1.82) is 0 Å². The number of hydrogen-bond acceptors (Lipinski definition) is 5. The summed E-state index contributed by atoms with van der Waals surface area (Å²) in [5, 5.41) is 19.0. The van der Waals surface area contributed by atoms with Gasteiger partial charge in [-0.2, -0.15) is 0 Å². The van der Waals surface area contributed by atoms with Crippen LogP contribution in [0.2, 0.25) is 0 Å². The lowest BCUT2D eigenvalue weighted by Gasteiger charge is -2.22. The SMILES string of the molecule is NS(=O)(=O)c1cccc(CCC2CCCCC2)c1-c1nnn[nH]1. The molecule has 1 saturated carbocycles. The Morgan fingerprint density at radius 3 is 2.65 bits per heavy atom. The molecule has 1 aliphatic carbocycles. The van der Waals surface area contributed by atoms with Gasteiger partial charge >= 0.3 is 0 Å². The highest BCUT2D eigenvalue weighted by molar-refractivity contribution is 7.89. The zero-order chi connectivity index (χ0) is 16.3. The fourth-order valence-corrected chi connectivity index (χ4v) is 4.17. The lowest BCUT2D eigenvalue weighted by molar-refractivity contribution is 0.339. The Labute approximate surface area is 135 Å². The average molecular weight is 335 g/mol. The molecule has 8 heteroatoms. The molecule has 0 unspecified atom stereocenters. The van der Waals surface area contributed by atoms with Crippen molar-refractivity contribution in [2.24, 2.45) is 11.1 Å². The van der Waals surface area contributed by atoms with E-state index in [0.29, 0.717) is 17.3 Å². The van der Waals surface area contributed by atoms with Crippen molar-refractivity contribution in [3.8, 4) is 11.4 Å². The van der Waals surface area contributed by atoms with E-state index in [1.54, 1.807) is 6.07 Å². The zero-order valence-corrected chi connectivity index (χ0v) is 13.7. The summed E-state index contributed by atoms with van der Waals surface area (Å²) in [6, 6.07) is 5.15. The Morgan fingerprint density at radius 1 is 1.22 bits per heavy atom. The molecule has 1 heterocycles. The van der Waals surface area contributed by atoms with E-state index < -0.39 is 10.0 Å². The summed E-state index contributed by atoms with van der Waals surface area (Å²) in [5.41, 5.74) is 1.41. The molecular weight excluding hydrogens is 314 g/mol. The molecule has 1 aliphatic rings. The molecule has 2 aromatic rings. The quantitative estimate of drug-likeness (QED) is 0.867. The summed E-state index contributed by atoms with van der Waals surface area (Å²) in [4.78, 5) is 0.0668. The summed E-state index contributed by atoms with van der Waals surface area (Å²) < 4.78 is 23.8. The highest BCUT2D eigenvalue weighted by Gasteiger charge is 2.22. The van der Waals surface area contributed by atoms with Gasteiger partial charge in [0.25, 0.3) is 0 Å². The molecule has 3 rings (SSSR count). The third-order valence-corrected chi connectivity index (χ3v) is 5.50. The summed E-state index contributed by atoms with van der Waals surface area (Å²) in [6.07, 6.45) is 8.27. The number of benzene rings is 1. The average Bonchev–Trinajstić information content (AvgIpc) is 3.07. The molecule has 3 N–H and O–H groups in total. The summed E-state index contributed by atoms with van der Waals surface area (Å²) in [5.74, 6) is 1.05. The number of sulfonamides is 1. The summed E-state index contributed by atoms with van der Waals surface area (Å²) >= 11 is 0. The number of H-pyrrole nitrogens is 1. The number of aromatic amines is 1. The van der Waals surface area contributed by atoms with Gasteiger partial charge in [0, 0.05) is 5.56 Å². The minimum atomic E-state index is -3.84. The third kappa shape index (κ3) is 3.76. The predicted octanol–water partition coefficient (Wildman–Crippen LogP) is 2.03. The molecule has 1 aromatic carbocycles. The highest BCUT2D eigenvalue weighted by Crippen LogP contribution is 2.32. The van der Waals surface area contributed by atoms with Crippen LogP contribution >= 0.6 is 0 Å². The van der Waals surface area contributed by atoms with Gasteiger partial charge in [0.1, 0.15) is 0 Å². The molecular formula is C15H21N5O2S. The highest BCUT2D eigenvalue weighted by atomic mass is 32.2. The van der Waals surface area contributed by atoms with Crippen LogP contribution < -0.4 is 5.14 Å². The Hall–Kier alpha value is -1.80. The van der Waals surface area contributed by atoms with Gasteiger partial charge in [-0.3, -0.25) is 0 Å². The van der Waals surface area contributed by atoms with Crippen molar-refractivity contribution in [2.45, 2.75) is 49.8 Å². The molecule has 0 amide bonds. The van der Waals surface area contributed by atoms with Crippen LogP contribution in [0.3, 0.4) is 0 Å². The van der Waals surface area contributed by atoms with Crippen LogP contribution in [0, 0.1) is 5.92 Å². The fourth-order valence-electron chi connectivity index (χ4n) is 3.39. The minimum Gasteiger partial charge on any atom is -0.239 e. The van der Waals surface area contributed by atoms with Gasteiger partial charge in [-0.1, -0.05) is 44.2 Å². The van der Waals surface area contributed by atoms with E-state index in [1.165, 1.54) is 38.2 Å². The van der Waals surface area contributed by atoms with Gasteiger partial charge in [-0.25, -0.2) is 18.7 Å². The molecule has 0 bridgehead atoms. The number of aryl methyl sites for hydroxylation is 1. The standard InChI is InChI=1S/C15H21N5O2S/c16-23(21,22)13-8-4-7-12(14(13)15-17-19-20-18-15)10-9-11-5-2-1-3-6-11/h4,7-8,11H,1-3,5-6,9-10H2,(H2,16,21,22)(H,17,18,19,20). The molecule has 0 spiro atoms. The molecule has 0 saturated heterocycles. The van der Waals surface area contributed by atoms with E-state index in [4.69, 9.17) is 5.14 Å². The fraction of sp³-hybridized carbons (Fsp3) is 0.533. The minimum absolute atomic E-state index is 0.0668. The van der Waals surface area contributed by atoms with Crippen LogP contribution in [-0.4, -0.2) is 29.0 Å². The second-order valence-electron chi connectivity index (χ2n) is 6.13. The smallest absolute Gasteiger partial charge is 0.238 e. The number of primary sulfonamides is 1. The van der Waals surface area contributed by atoms with Gasteiger partial charge in [0.15, 0.2) is 5.82 Å². The van der Waals surface area contributed by atoms with Crippen molar-refractivity contribution in [2.75, 3.05) is 0 Å². The predicted molar refractivity (Wildman–Crippen MR) is 85.9 cm³/mol. The second kappa shape index (κ2) is 6.76. The molecule has 124 valence electrons. The number of nitrogens with one attached hydrogen (secondary N) is 1. The number of aromatic nitrogens is 4. The summed E-state index contributed by atoms with van der Waals surface area (Å²) in [7, 11) is -3.84. The number of nitrogens with zero attached hydrogens (tertiary/aromatic N) is 3. The Bertz CT molecular complexity index is 752. The molecule has 0 atom stereocenters. The number of nitrogens with two attached hydrogens (primary N) is 1. The molecule has 0 radical (unpaired) electrons. The maximum atomic E-state index is 11.9. The first-order chi connectivity index (χ1) is 11.1. The van der Waals surface area contributed by atoms with Crippen molar-refractivity contribution in [3.63, 3.8) is 0 Å². The van der Waals surface area contributed by atoms with Crippen LogP contribution in [0.1, 0.15) is 44.1 Å². The first-order valence-electron chi connectivity index (χ1n) is 7.94. The van der Waals surface area contributed by atoms with Crippen LogP contribution in [-0.2, 0) is 16.4 Å². The van der Waals surface area contributed by atoms with E-state index in [1.807, 2.05) is 6.07 Å². The monoisotopic (exact) mass is 335 g/mol. The second-order valence-corrected chi connectivity index (χ2v) is 7.66. The van der Waals surface area contributed by atoms with Crippen molar-refractivity contribution in [1.82, 2.24) is 20.6 Å². The molecule has 7 nitrogen and oxygen atoms in total. The lowest BCUT2D eigenvalue weighted by atomic mass is 9.84. The Kier molecular flexibility index (Phi) is 4.72. The van der Waals surface area contributed by atoms with E-state index >= 15 is 0 Å². The topological polar surface area (TPSA) is 115 Å². The van der Waals surface area contributed by atoms with E-state index in [9.17, 15) is 8.42 Å². The van der Waals surface area contributed by atoms with Crippen molar-refractivity contribution >= 4 is 10.0 Å². The van der Waals surface area contributed by atoms with Crippen LogP contribution in [0.25, 0.3) is 11.4 Å². The lowest BCUT2D eigenvalue weighted by Crippen LogP contribution is -2.15. The van der Waals surface area contributed by atoms with Crippen LogP contribution in [0.5, 0.6) is 0 Å². The van der Waals surface area contributed by atoms with E-state index in [0.717, 1.165) is 18.4 Å². The number of hydrogen-bond donors (Lipinski definition) is 2. The van der Waals surface area contributed by atoms with Crippen LogP contribution in [0.4, 0.5) is 0 Å². The Morgan fingerprint density at radius 2 is 2.00 bits per heavy atom. The van der Waals surface area contributed by atoms with Crippen molar-refractivity contribution < 1.29 is 8.42 Å². The largest absolute Gasteiger partial charge is 0.239 e. The summed E-state index contributed by atoms with van der Waals surface area (Å²) in [6.45, 7) is 0. The van der Waals surface area contributed by atoms with Crippen LogP contribution in [0.15, 0.2) is 23.1 Å². The van der Waals surface area contributed by atoms with Gasteiger partial charge in [0.05, 0.1) is 4.90 Å². The molecule has 0 aliphatic heterocycles. The van der Waals surface area contributed by atoms with Gasteiger partial charge < -0.3 is 0 Å². The van der Waals surface area contributed by atoms with Crippen molar-refractivity contribution in [3.05, 3.63) is 23.8 Å². The molecule has 23 heavy (non-hydrogen) atoms. The zero-order valence-electron chi connectivity index (χ0n) is 12.9. The maximum Gasteiger partial charge on any atom is 0.238 e. The first-order valence-corrected chi connectivity index (χ1v) is 9.49. The number of tetrazole rings is 1. The first kappa shape index (κ1) is 16.1.